The summed E-state index contributed by atoms with van der Waals surface area (Å²) in [6.07, 6.45) is -1.06. The number of aliphatic hydroxyl groups excluding tert-OH is 1. The smallest absolute Gasteiger partial charge is 0.130 e. The van der Waals surface area contributed by atoms with Crippen LogP contribution in [0.3, 0.4) is 0 Å². The van der Waals surface area contributed by atoms with Gasteiger partial charge in [0.05, 0.1) is 6.10 Å². The van der Waals surface area contributed by atoms with Crippen LogP contribution in [-0.2, 0) is 0 Å². The molecule has 0 aliphatic rings. The van der Waals surface area contributed by atoms with Crippen molar-refractivity contribution < 1.29 is 9.50 Å². The number of hydrogen-bond acceptors (Lipinski definition) is 2. The summed E-state index contributed by atoms with van der Waals surface area (Å²) in [6, 6.07) is 3.70. The Morgan fingerprint density at radius 3 is 2.50 bits per heavy atom. The molecule has 0 aliphatic carbocycles. The van der Waals surface area contributed by atoms with Crippen molar-refractivity contribution in [1.82, 2.24) is 0 Å². The molecule has 0 saturated carbocycles. The Bertz CT molecular complexity index is 287. The molecule has 1 aromatic carbocycles. The molecular weight excluding hydrogens is 228 g/mol. The highest BCUT2D eigenvalue weighted by atomic mass is 35.5. The van der Waals surface area contributed by atoms with Crippen molar-refractivity contribution in [2.24, 2.45) is 5.73 Å². The zero-order chi connectivity index (χ0) is 10.0. The number of rotatable bonds is 2. The van der Waals surface area contributed by atoms with Gasteiger partial charge in [-0.15, -0.1) is 12.4 Å². The normalized spacial score (nSPS) is 14.4. The Balaban J connectivity index is 0.00000169. The molecule has 0 fully saturated rings. The lowest BCUT2D eigenvalue weighted by Crippen LogP contribution is -2.25. The van der Waals surface area contributed by atoms with E-state index < -0.39 is 18.0 Å². The third-order valence-corrected chi connectivity index (χ3v) is 2.12. The van der Waals surface area contributed by atoms with E-state index in [1.54, 1.807) is 6.92 Å². The van der Waals surface area contributed by atoms with E-state index in [9.17, 15) is 9.50 Å². The van der Waals surface area contributed by atoms with Crippen molar-refractivity contribution in [3.05, 3.63) is 34.6 Å². The minimum Gasteiger partial charge on any atom is -0.387 e. The summed E-state index contributed by atoms with van der Waals surface area (Å²) >= 11 is 5.71. The van der Waals surface area contributed by atoms with Crippen LogP contribution >= 0.6 is 24.0 Å². The molecule has 0 bridgehead atoms. The lowest BCUT2D eigenvalue weighted by Gasteiger charge is -2.16. The number of hydrogen-bond donors (Lipinski definition) is 2. The van der Waals surface area contributed by atoms with Crippen molar-refractivity contribution >= 4 is 24.0 Å². The van der Waals surface area contributed by atoms with Crippen LogP contribution in [-0.4, -0.2) is 11.1 Å². The maximum atomic E-state index is 13.2. The first kappa shape index (κ1) is 13.7. The monoisotopic (exact) mass is 239 g/mol. The van der Waals surface area contributed by atoms with Gasteiger partial charge in [-0.1, -0.05) is 17.7 Å². The van der Waals surface area contributed by atoms with E-state index in [-0.39, 0.29) is 23.0 Å². The highest BCUT2D eigenvalue weighted by Crippen LogP contribution is 2.26. The Morgan fingerprint density at radius 2 is 2.07 bits per heavy atom. The summed E-state index contributed by atoms with van der Waals surface area (Å²) < 4.78 is 13.2. The molecule has 2 unspecified atom stereocenters. The largest absolute Gasteiger partial charge is 0.387 e. The molecule has 0 saturated heterocycles. The molecule has 0 aromatic heterocycles. The Hall–Kier alpha value is -0.350. The van der Waals surface area contributed by atoms with Crippen LogP contribution in [0.4, 0.5) is 4.39 Å². The maximum Gasteiger partial charge on any atom is 0.130 e. The standard InChI is InChI=1S/C9H11ClFNO.ClH/c1-5(12)9(13)8-6(10)3-2-4-7(8)11;/h2-5,9,13H,12H2,1H3;1H. The molecule has 0 heterocycles. The van der Waals surface area contributed by atoms with Crippen molar-refractivity contribution in [3.8, 4) is 0 Å². The molecule has 80 valence electrons. The zero-order valence-corrected chi connectivity index (χ0v) is 9.15. The molecule has 1 rings (SSSR count). The van der Waals surface area contributed by atoms with Gasteiger partial charge in [0.25, 0.3) is 0 Å². The Kier molecular flexibility index (Phi) is 5.37. The van der Waals surface area contributed by atoms with Crippen LogP contribution in [0.15, 0.2) is 18.2 Å². The van der Waals surface area contributed by atoms with Crippen LogP contribution in [0.25, 0.3) is 0 Å². The number of benzene rings is 1. The molecular formula is C9H12Cl2FNO. The van der Waals surface area contributed by atoms with E-state index in [2.05, 4.69) is 0 Å². The van der Waals surface area contributed by atoms with Crippen LogP contribution in [0.5, 0.6) is 0 Å². The van der Waals surface area contributed by atoms with Crippen LogP contribution < -0.4 is 5.73 Å². The van der Waals surface area contributed by atoms with Gasteiger partial charge < -0.3 is 10.8 Å². The first-order valence-electron chi connectivity index (χ1n) is 3.91. The average molecular weight is 240 g/mol. The molecule has 0 radical (unpaired) electrons. The van der Waals surface area contributed by atoms with Crippen molar-refractivity contribution in [1.29, 1.82) is 0 Å². The van der Waals surface area contributed by atoms with Crippen molar-refractivity contribution in [2.75, 3.05) is 0 Å². The molecule has 2 atom stereocenters. The molecule has 5 heteroatoms. The lowest BCUT2D eigenvalue weighted by atomic mass is 10.0. The SMILES string of the molecule is CC(N)C(O)c1c(F)cccc1Cl.Cl. The predicted octanol–water partition coefficient (Wildman–Crippen LogP) is 2.28. The lowest BCUT2D eigenvalue weighted by molar-refractivity contribution is 0.149. The van der Waals surface area contributed by atoms with Crippen LogP contribution in [0.1, 0.15) is 18.6 Å². The minimum absolute atomic E-state index is 0. The fraction of sp³-hybridized carbons (Fsp3) is 0.333. The topological polar surface area (TPSA) is 46.2 Å². The third kappa shape index (κ3) is 2.82. The van der Waals surface area contributed by atoms with E-state index in [1.165, 1.54) is 18.2 Å². The van der Waals surface area contributed by atoms with Crippen LogP contribution in [0, 0.1) is 5.82 Å². The molecule has 0 aliphatic heterocycles. The molecule has 14 heavy (non-hydrogen) atoms. The number of aliphatic hydroxyl groups is 1. The van der Waals surface area contributed by atoms with E-state index >= 15 is 0 Å². The van der Waals surface area contributed by atoms with Crippen molar-refractivity contribution in [2.45, 2.75) is 19.1 Å². The van der Waals surface area contributed by atoms with Gasteiger partial charge in [0, 0.05) is 16.6 Å². The minimum atomic E-state index is -1.06. The van der Waals surface area contributed by atoms with Gasteiger partial charge in [0.15, 0.2) is 0 Å². The van der Waals surface area contributed by atoms with Gasteiger partial charge in [-0.3, -0.25) is 0 Å². The zero-order valence-electron chi connectivity index (χ0n) is 7.58. The van der Waals surface area contributed by atoms with Crippen LogP contribution in [0.2, 0.25) is 5.02 Å². The maximum absolute atomic E-state index is 13.2. The number of halogens is 3. The molecule has 2 nitrogen and oxygen atoms in total. The van der Waals surface area contributed by atoms with Gasteiger partial charge in [0.1, 0.15) is 5.82 Å². The Labute approximate surface area is 93.3 Å². The predicted molar refractivity (Wildman–Crippen MR) is 57.3 cm³/mol. The molecule has 0 amide bonds. The highest BCUT2D eigenvalue weighted by Gasteiger charge is 2.19. The number of nitrogens with two attached hydrogens (primary N) is 1. The second-order valence-electron chi connectivity index (χ2n) is 2.94. The van der Waals surface area contributed by atoms with Gasteiger partial charge in [-0.2, -0.15) is 0 Å². The second-order valence-corrected chi connectivity index (χ2v) is 3.35. The van der Waals surface area contributed by atoms with E-state index in [4.69, 9.17) is 17.3 Å². The van der Waals surface area contributed by atoms with E-state index in [1.807, 2.05) is 0 Å². The second kappa shape index (κ2) is 5.51. The van der Waals surface area contributed by atoms with Crippen molar-refractivity contribution in [3.63, 3.8) is 0 Å². The Morgan fingerprint density at radius 1 is 1.50 bits per heavy atom. The fourth-order valence-electron chi connectivity index (χ4n) is 1.06. The summed E-state index contributed by atoms with van der Waals surface area (Å²) in [5, 5.41) is 9.71. The van der Waals surface area contributed by atoms with E-state index in [0.717, 1.165) is 0 Å². The highest BCUT2D eigenvalue weighted by molar-refractivity contribution is 6.31. The molecule has 3 N–H and O–H groups in total. The molecule has 0 spiro atoms. The molecule has 1 aromatic rings. The average Bonchev–Trinajstić information content (AvgIpc) is 2.03. The van der Waals surface area contributed by atoms with E-state index in [0.29, 0.717) is 0 Å². The summed E-state index contributed by atoms with van der Waals surface area (Å²) in [7, 11) is 0. The summed E-state index contributed by atoms with van der Waals surface area (Å²) in [5.41, 5.74) is 5.50. The van der Waals surface area contributed by atoms with Gasteiger partial charge >= 0.3 is 0 Å². The summed E-state index contributed by atoms with van der Waals surface area (Å²) in [6.45, 7) is 1.59. The van der Waals surface area contributed by atoms with Gasteiger partial charge in [-0.05, 0) is 19.1 Å². The quantitative estimate of drug-likeness (QED) is 0.832. The van der Waals surface area contributed by atoms with Gasteiger partial charge in [-0.25, -0.2) is 4.39 Å². The summed E-state index contributed by atoms with van der Waals surface area (Å²) in [4.78, 5) is 0. The first-order valence-corrected chi connectivity index (χ1v) is 4.29. The third-order valence-electron chi connectivity index (χ3n) is 1.79. The van der Waals surface area contributed by atoms with Gasteiger partial charge in [0.2, 0.25) is 0 Å². The fourth-order valence-corrected chi connectivity index (χ4v) is 1.33. The summed E-state index contributed by atoms with van der Waals surface area (Å²) in [5.74, 6) is -0.530. The first-order chi connectivity index (χ1) is 6.04.